The van der Waals surface area contributed by atoms with Crippen molar-refractivity contribution in [1.82, 2.24) is 69.0 Å². The summed E-state index contributed by atoms with van der Waals surface area (Å²) in [6, 6.07) is 17.3. The number of nitrogens with zero attached hydrogens (tertiary/aromatic N) is 13. The van der Waals surface area contributed by atoms with Crippen LogP contribution in [0.2, 0.25) is 0 Å². The third-order valence-corrected chi connectivity index (χ3v) is 12.7. The lowest BCUT2D eigenvalue weighted by Gasteiger charge is -2.34. The number of likely N-dealkylation sites (tertiary alicyclic amines) is 1. The van der Waals surface area contributed by atoms with Gasteiger partial charge in [0.2, 0.25) is 11.8 Å². The van der Waals surface area contributed by atoms with Gasteiger partial charge >= 0.3 is 11.7 Å². The Bertz CT molecular complexity index is 3060. The van der Waals surface area contributed by atoms with Crippen molar-refractivity contribution in [2.24, 2.45) is 0 Å². The van der Waals surface area contributed by atoms with Crippen molar-refractivity contribution in [2.75, 3.05) is 104 Å². The number of fused-ring (bicyclic) bond motifs is 2. The highest BCUT2D eigenvalue weighted by Crippen LogP contribution is 2.35. The number of hydrogen-bond donors (Lipinski definition) is 3. The van der Waals surface area contributed by atoms with Crippen LogP contribution in [0, 0.1) is 0 Å². The molecule has 24 heteroatoms. The number of aromatic amines is 1. The monoisotopic (exact) mass is 1010 g/mol. The van der Waals surface area contributed by atoms with Crippen LogP contribution in [0.3, 0.4) is 0 Å². The van der Waals surface area contributed by atoms with E-state index in [2.05, 4.69) is 47.1 Å². The molecule has 2 aliphatic rings. The second kappa shape index (κ2) is 24.8. The van der Waals surface area contributed by atoms with Crippen molar-refractivity contribution in [3.63, 3.8) is 0 Å². The van der Waals surface area contributed by atoms with Gasteiger partial charge in [0, 0.05) is 57.5 Å². The van der Waals surface area contributed by atoms with E-state index in [1.165, 1.54) is 10.9 Å². The average molecular weight is 1020 g/mol. The van der Waals surface area contributed by atoms with Crippen LogP contribution < -0.4 is 26.6 Å². The number of ether oxygens (including phenoxy) is 5. The predicted octanol–water partition coefficient (Wildman–Crippen LogP) is 3.32. The molecule has 2 amide bonds. The number of rotatable bonds is 24. The fourth-order valence-corrected chi connectivity index (χ4v) is 8.78. The maximum Gasteiger partial charge on any atom is 0.328 e. The molecule has 0 radical (unpaired) electrons. The fourth-order valence-electron chi connectivity index (χ4n) is 8.78. The van der Waals surface area contributed by atoms with Gasteiger partial charge in [0.05, 0.1) is 70.4 Å². The molecule has 0 spiro atoms. The summed E-state index contributed by atoms with van der Waals surface area (Å²) in [6.07, 6.45) is 10.2. The second-order valence-corrected chi connectivity index (χ2v) is 17.9. The Hall–Kier alpha value is -7.80. The van der Waals surface area contributed by atoms with Gasteiger partial charge in [-0.25, -0.2) is 24.1 Å². The molecule has 24 nitrogen and oxygen atoms in total. The van der Waals surface area contributed by atoms with Crippen molar-refractivity contribution in [2.45, 2.75) is 51.7 Å². The highest BCUT2D eigenvalue weighted by atomic mass is 16.5. The Labute approximate surface area is 426 Å². The van der Waals surface area contributed by atoms with E-state index >= 15 is 0 Å². The topological polar surface area (TPSA) is 280 Å². The van der Waals surface area contributed by atoms with Crippen LogP contribution in [0.5, 0.6) is 17.5 Å². The first-order chi connectivity index (χ1) is 36.2. The molecule has 9 rings (SSSR count). The quantitative estimate of drug-likeness (QED) is 0.0578. The van der Waals surface area contributed by atoms with Gasteiger partial charge in [-0.15, -0.1) is 5.10 Å². The summed E-state index contributed by atoms with van der Waals surface area (Å²) in [6.45, 7) is 9.00. The Kier molecular flexibility index (Phi) is 17.1. The van der Waals surface area contributed by atoms with E-state index in [9.17, 15) is 14.4 Å². The van der Waals surface area contributed by atoms with E-state index < -0.39 is 5.69 Å². The normalized spacial score (nSPS) is 15.4. The molecule has 2 aromatic carbocycles. The van der Waals surface area contributed by atoms with Gasteiger partial charge in [-0.1, -0.05) is 42.8 Å². The Morgan fingerprint density at radius 2 is 1.61 bits per heavy atom. The third kappa shape index (κ3) is 12.9. The van der Waals surface area contributed by atoms with Crippen molar-refractivity contribution in [3.8, 4) is 28.8 Å². The lowest BCUT2D eigenvalue weighted by atomic mass is 10.1. The first-order valence-corrected chi connectivity index (χ1v) is 25.0. The summed E-state index contributed by atoms with van der Waals surface area (Å²) in [5.74, 6) is 1.79. The van der Waals surface area contributed by atoms with Gasteiger partial charge in [-0.05, 0) is 55.7 Å². The van der Waals surface area contributed by atoms with Gasteiger partial charge < -0.3 is 49.9 Å². The van der Waals surface area contributed by atoms with Gasteiger partial charge in [0.1, 0.15) is 47.2 Å². The van der Waals surface area contributed by atoms with Crippen LogP contribution in [0.25, 0.3) is 33.5 Å². The molecule has 1 unspecified atom stereocenters. The zero-order chi connectivity index (χ0) is 51.2. The third-order valence-electron chi connectivity index (χ3n) is 12.7. The molecular weight excluding hydrogens is 953 g/mol. The first-order valence-electron chi connectivity index (χ1n) is 25.0. The van der Waals surface area contributed by atoms with E-state index in [1.54, 1.807) is 21.9 Å². The summed E-state index contributed by atoms with van der Waals surface area (Å²) in [7, 11) is 0. The minimum atomic E-state index is -0.396. The molecule has 5 aromatic heterocycles. The highest BCUT2D eigenvalue weighted by Gasteiger charge is 2.29. The maximum atomic E-state index is 13.5. The number of nitrogen functional groups attached to an aromatic ring is 2. The van der Waals surface area contributed by atoms with Crippen LogP contribution in [-0.2, 0) is 36.9 Å². The standard InChI is InChI=1S/C50H62N16O8/c1-2-3-24-73-49-56-46(52)44-48(57-49)65(50(69)55-44)31-36-30-64(60-58-36)23-25-70-26-27-71-28-29-72-33-41(68)62-21-19-61(20-22-62)17-8-12-40(67)63-18-7-9-37(32-63)66-47-42(45(51)53-34-54-47)43(59-66)35-13-15-39(16-14-35)74-38-10-5-4-6-11-38/h4-6,8,10-16,30,34,37H,2-3,7,9,17-29,31-33H2,1H3,(H,55,69)(H2,51,53,54)(H2,52,56,57)/b12-8+. The molecule has 74 heavy (non-hydrogen) atoms. The zero-order valence-electron chi connectivity index (χ0n) is 41.5. The van der Waals surface area contributed by atoms with Crippen LogP contribution in [0.1, 0.15) is 44.3 Å². The summed E-state index contributed by atoms with van der Waals surface area (Å²) >= 11 is 0. The van der Waals surface area contributed by atoms with Crippen LogP contribution in [-0.4, -0.2) is 173 Å². The number of imidazole rings is 1. The molecule has 2 saturated heterocycles. The molecule has 2 fully saturated rings. The highest BCUT2D eigenvalue weighted by molar-refractivity contribution is 5.98. The van der Waals surface area contributed by atoms with Crippen LogP contribution in [0.4, 0.5) is 11.6 Å². The summed E-state index contributed by atoms with van der Waals surface area (Å²) in [5, 5.41) is 14.0. The van der Waals surface area contributed by atoms with Crippen molar-refractivity contribution >= 4 is 45.6 Å². The van der Waals surface area contributed by atoms with Gasteiger partial charge in [-0.2, -0.15) is 15.1 Å². The summed E-state index contributed by atoms with van der Waals surface area (Å²) < 4.78 is 33.5. The minimum absolute atomic E-state index is 0.0239. The van der Waals surface area contributed by atoms with E-state index in [0.29, 0.717) is 131 Å². The van der Waals surface area contributed by atoms with E-state index in [4.69, 9.17) is 40.3 Å². The molecule has 390 valence electrons. The number of carbonyl (C=O) groups is 2. The number of para-hydroxylation sites is 1. The molecule has 7 aromatic rings. The van der Waals surface area contributed by atoms with Crippen LogP contribution in [0.15, 0.2) is 84.1 Å². The molecule has 0 saturated carbocycles. The molecule has 1 atom stereocenters. The number of anilines is 2. The SMILES string of the molecule is CCCCOc1nc(N)c2[nH]c(=O)n(Cc3cn(CCOCCOCCOCC(=O)N4CCN(C/C=C/C(=O)N5CCCC(n6nc(-c7ccc(Oc8ccccc8)cc7)c7c(N)ncnc76)C5)CC4)nn3)c2n1. The number of amides is 2. The first kappa shape index (κ1) is 51.1. The van der Waals surface area contributed by atoms with Gasteiger partial charge in [-0.3, -0.25) is 19.1 Å². The van der Waals surface area contributed by atoms with E-state index in [1.807, 2.05) is 70.3 Å². The molecule has 5 N–H and O–H groups in total. The average Bonchev–Trinajstić information content (AvgIpc) is 4.14. The number of benzene rings is 2. The molecule has 0 bridgehead atoms. The van der Waals surface area contributed by atoms with Gasteiger partial charge in [0.15, 0.2) is 17.1 Å². The molecule has 2 aliphatic heterocycles. The lowest BCUT2D eigenvalue weighted by Crippen LogP contribution is -2.49. The van der Waals surface area contributed by atoms with E-state index in [-0.39, 0.29) is 49.4 Å². The fraction of sp³-hybridized carbons (Fsp3) is 0.440. The number of nitrogens with two attached hydrogens (primary N) is 2. The number of unbranched alkanes of at least 4 members (excludes halogenated alkanes) is 1. The van der Waals surface area contributed by atoms with Gasteiger partial charge in [0.25, 0.3) is 0 Å². The molecule has 7 heterocycles. The summed E-state index contributed by atoms with van der Waals surface area (Å²) in [5.41, 5.74) is 15.5. The minimum Gasteiger partial charge on any atom is -0.463 e. The Balaban J connectivity index is 0.634. The molecular formula is C50H62N16O8. The van der Waals surface area contributed by atoms with Crippen molar-refractivity contribution < 1.29 is 33.3 Å². The number of piperazine rings is 1. The number of piperidine rings is 1. The largest absolute Gasteiger partial charge is 0.463 e. The lowest BCUT2D eigenvalue weighted by molar-refractivity contribution is -0.138. The second-order valence-electron chi connectivity index (χ2n) is 17.9. The smallest absolute Gasteiger partial charge is 0.328 e. The number of H-pyrrole nitrogens is 1. The number of hydrogen-bond acceptors (Lipinski definition) is 18. The number of carbonyl (C=O) groups excluding carboxylic acids is 2. The summed E-state index contributed by atoms with van der Waals surface area (Å²) in [4.78, 5) is 65.1. The van der Waals surface area contributed by atoms with E-state index in [0.717, 1.165) is 37.0 Å². The predicted molar refractivity (Wildman–Crippen MR) is 273 cm³/mol. The Morgan fingerprint density at radius 3 is 2.41 bits per heavy atom. The maximum absolute atomic E-state index is 13.5. The van der Waals surface area contributed by atoms with Crippen molar-refractivity contribution in [3.05, 3.63) is 95.5 Å². The number of nitrogens with one attached hydrogen (secondary N) is 1. The molecule has 0 aliphatic carbocycles. The number of aromatic nitrogens is 11. The van der Waals surface area contributed by atoms with Crippen molar-refractivity contribution in [1.29, 1.82) is 0 Å². The van der Waals surface area contributed by atoms with Crippen LogP contribution >= 0.6 is 0 Å². The zero-order valence-corrected chi connectivity index (χ0v) is 41.5. The Morgan fingerprint density at radius 1 is 0.838 bits per heavy atom.